The van der Waals surface area contributed by atoms with Gasteiger partial charge >= 0.3 is 12.1 Å². The SMILES string of the molecule is CC(C=O)[C@@](CC(C)(C)C)(C(=O)OOCc1ccccc1)N(C)C(=O)OC(C)(C)C. The lowest BCUT2D eigenvalue weighted by Crippen LogP contribution is -2.62. The molecule has 7 heteroatoms. The zero-order chi connectivity index (χ0) is 23.2. The molecule has 1 amide bonds. The van der Waals surface area contributed by atoms with E-state index in [0.717, 1.165) is 10.5 Å². The van der Waals surface area contributed by atoms with Gasteiger partial charge in [-0.25, -0.2) is 9.59 Å². The lowest BCUT2D eigenvalue weighted by Gasteiger charge is -2.44. The van der Waals surface area contributed by atoms with Crippen molar-refractivity contribution in [2.75, 3.05) is 7.05 Å². The number of benzene rings is 1. The summed E-state index contributed by atoms with van der Waals surface area (Å²) in [4.78, 5) is 49.4. The van der Waals surface area contributed by atoms with E-state index in [4.69, 9.17) is 14.5 Å². The number of carbonyl (C=O) groups excluding carboxylic acids is 3. The molecular formula is C23H35NO6. The van der Waals surface area contributed by atoms with E-state index in [-0.39, 0.29) is 13.0 Å². The van der Waals surface area contributed by atoms with Crippen molar-refractivity contribution in [1.82, 2.24) is 4.90 Å². The van der Waals surface area contributed by atoms with Crippen molar-refractivity contribution in [2.24, 2.45) is 11.3 Å². The number of likely N-dealkylation sites (N-methyl/N-ethyl adjacent to an activating group) is 1. The van der Waals surface area contributed by atoms with E-state index < -0.39 is 34.5 Å². The van der Waals surface area contributed by atoms with Gasteiger partial charge in [-0.2, -0.15) is 4.89 Å². The van der Waals surface area contributed by atoms with Gasteiger partial charge in [0.2, 0.25) is 0 Å². The summed E-state index contributed by atoms with van der Waals surface area (Å²) in [7, 11) is 1.44. The van der Waals surface area contributed by atoms with Crippen LogP contribution >= 0.6 is 0 Å². The third-order valence-corrected chi connectivity index (χ3v) is 4.58. The summed E-state index contributed by atoms with van der Waals surface area (Å²) in [5, 5.41) is 0. The monoisotopic (exact) mass is 421 g/mol. The van der Waals surface area contributed by atoms with E-state index in [1.807, 2.05) is 51.1 Å². The first-order valence-electron chi connectivity index (χ1n) is 10.0. The summed E-state index contributed by atoms with van der Waals surface area (Å²) in [6.07, 6.45) is 0.0919. The van der Waals surface area contributed by atoms with E-state index >= 15 is 0 Å². The molecule has 0 aliphatic rings. The molecule has 30 heavy (non-hydrogen) atoms. The standard InChI is InChI=1S/C23H35NO6/c1-17(14-25)23(16-21(2,3)4,24(8)20(27)29-22(5,6)7)19(26)30-28-15-18-12-10-9-11-13-18/h9-14,17H,15-16H2,1-8H3/t17?,23-/m0/s1. The molecule has 1 aromatic carbocycles. The predicted molar refractivity (Wildman–Crippen MR) is 113 cm³/mol. The number of rotatable bonds is 8. The molecule has 0 radical (unpaired) electrons. The predicted octanol–water partition coefficient (Wildman–Crippen LogP) is 4.54. The average Bonchev–Trinajstić information content (AvgIpc) is 2.63. The van der Waals surface area contributed by atoms with Gasteiger partial charge in [-0.1, -0.05) is 58.0 Å². The highest BCUT2D eigenvalue weighted by Crippen LogP contribution is 2.38. The third kappa shape index (κ3) is 7.13. The summed E-state index contributed by atoms with van der Waals surface area (Å²) in [5.41, 5.74) is -1.96. The molecule has 1 unspecified atom stereocenters. The first-order valence-corrected chi connectivity index (χ1v) is 10.0. The lowest BCUT2D eigenvalue weighted by molar-refractivity contribution is -0.290. The average molecular weight is 422 g/mol. The molecule has 0 heterocycles. The molecule has 0 aliphatic carbocycles. The van der Waals surface area contributed by atoms with Crippen LogP contribution in [-0.2, 0) is 30.7 Å². The van der Waals surface area contributed by atoms with Crippen LogP contribution in [0.15, 0.2) is 30.3 Å². The Morgan fingerprint density at radius 3 is 2.10 bits per heavy atom. The Bertz CT molecular complexity index is 719. The number of carbonyl (C=O) groups is 3. The van der Waals surface area contributed by atoms with Gasteiger partial charge in [0.1, 0.15) is 18.5 Å². The summed E-state index contributed by atoms with van der Waals surface area (Å²) < 4.78 is 5.46. The maximum Gasteiger partial charge on any atom is 0.411 e. The summed E-state index contributed by atoms with van der Waals surface area (Å²) in [6.45, 7) is 12.6. The van der Waals surface area contributed by atoms with Crippen molar-refractivity contribution in [1.29, 1.82) is 0 Å². The van der Waals surface area contributed by atoms with Crippen molar-refractivity contribution < 1.29 is 28.9 Å². The van der Waals surface area contributed by atoms with Gasteiger partial charge < -0.3 is 9.53 Å². The maximum absolute atomic E-state index is 13.3. The Balaban J connectivity index is 3.22. The van der Waals surface area contributed by atoms with Crippen molar-refractivity contribution in [2.45, 2.75) is 72.6 Å². The zero-order valence-electron chi connectivity index (χ0n) is 19.4. The van der Waals surface area contributed by atoms with Gasteiger partial charge in [0.25, 0.3) is 0 Å². The minimum Gasteiger partial charge on any atom is -0.444 e. The van der Waals surface area contributed by atoms with Crippen molar-refractivity contribution in [3.05, 3.63) is 35.9 Å². The minimum atomic E-state index is -1.60. The molecule has 0 aromatic heterocycles. The van der Waals surface area contributed by atoms with Crippen molar-refractivity contribution in [3.8, 4) is 0 Å². The van der Waals surface area contributed by atoms with Crippen LogP contribution in [0.4, 0.5) is 4.79 Å². The van der Waals surface area contributed by atoms with E-state index in [9.17, 15) is 14.4 Å². The maximum atomic E-state index is 13.3. The molecule has 0 saturated heterocycles. The molecule has 0 spiro atoms. The fraction of sp³-hybridized carbons (Fsp3) is 0.609. The van der Waals surface area contributed by atoms with Crippen LogP contribution in [0.25, 0.3) is 0 Å². The Labute approximate surface area is 179 Å². The molecule has 2 atom stereocenters. The van der Waals surface area contributed by atoms with Crippen LogP contribution < -0.4 is 0 Å². The number of hydrogen-bond acceptors (Lipinski definition) is 6. The normalized spacial score (nSPS) is 14.9. The second-order valence-electron chi connectivity index (χ2n) is 9.74. The van der Waals surface area contributed by atoms with Crippen LogP contribution in [0.5, 0.6) is 0 Å². The molecule has 0 saturated carbocycles. The summed E-state index contributed by atoms with van der Waals surface area (Å²) >= 11 is 0. The molecule has 7 nitrogen and oxygen atoms in total. The smallest absolute Gasteiger partial charge is 0.411 e. The first-order chi connectivity index (χ1) is 13.7. The largest absolute Gasteiger partial charge is 0.444 e. The third-order valence-electron chi connectivity index (χ3n) is 4.58. The van der Waals surface area contributed by atoms with Gasteiger partial charge in [-0.3, -0.25) is 9.79 Å². The second kappa shape index (κ2) is 10.1. The summed E-state index contributed by atoms with van der Waals surface area (Å²) in [5.74, 6) is -1.68. The molecule has 0 fully saturated rings. The van der Waals surface area contributed by atoms with Crippen LogP contribution in [0.2, 0.25) is 0 Å². The highest BCUT2D eigenvalue weighted by atomic mass is 17.2. The number of amides is 1. The topological polar surface area (TPSA) is 82.1 Å². The number of aldehydes is 1. The quantitative estimate of drug-likeness (QED) is 0.348. The van der Waals surface area contributed by atoms with Gasteiger partial charge in [0.15, 0.2) is 5.54 Å². The Morgan fingerprint density at radius 2 is 1.63 bits per heavy atom. The molecule has 0 aliphatic heterocycles. The zero-order valence-corrected chi connectivity index (χ0v) is 19.4. The van der Waals surface area contributed by atoms with Crippen molar-refractivity contribution >= 4 is 18.3 Å². The van der Waals surface area contributed by atoms with Crippen molar-refractivity contribution in [3.63, 3.8) is 0 Å². The van der Waals surface area contributed by atoms with Gasteiger partial charge in [0, 0.05) is 13.0 Å². The van der Waals surface area contributed by atoms with Crippen LogP contribution in [0, 0.1) is 11.3 Å². The van der Waals surface area contributed by atoms with Crippen LogP contribution in [0.1, 0.15) is 60.5 Å². The van der Waals surface area contributed by atoms with E-state index in [1.54, 1.807) is 27.7 Å². The van der Waals surface area contributed by atoms with E-state index in [1.165, 1.54) is 7.05 Å². The van der Waals surface area contributed by atoms with E-state index in [0.29, 0.717) is 6.29 Å². The van der Waals surface area contributed by atoms with Gasteiger partial charge in [-0.05, 0) is 38.2 Å². The molecule has 1 aromatic rings. The van der Waals surface area contributed by atoms with Gasteiger partial charge in [0.05, 0.1) is 0 Å². The molecule has 0 bridgehead atoms. The second-order valence-corrected chi connectivity index (χ2v) is 9.74. The number of nitrogens with zero attached hydrogens (tertiary/aromatic N) is 1. The van der Waals surface area contributed by atoms with E-state index in [2.05, 4.69) is 0 Å². The van der Waals surface area contributed by atoms with Crippen LogP contribution in [0.3, 0.4) is 0 Å². The lowest BCUT2D eigenvalue weighted by atomic mass is 9.72. The minimum absolute atomic E-state index is 0.0454. The Kier molecular flexibility index (Phi) is 8.60. The highest BCUT2D eigenvalue weighted by molar-refractivity contribution is 5.89. The molecule has 1 rings (SSSR count). The number of hydrogen-bond donors (Lipinski definition) is 0. The Hall–Kier alpha value is -2.41. The van der Waals surface area contributed by atoms with Gasteiger partial charge in [-0.15, -0.1) is 0 Å². The van der Waals surface area contributed by atoms with Crippen LogP contribution in [-0.4, -0.2) is 41.4 Å². The highest BCUT2D eigenvalue weighted by Gasteiger charge is 2.54. The molecule has 168 valence electrons. The number of ether oxygens (including phenoxy) is 1. The molecular weight excluding hydrogens is 386 g/mol. The molecule has 0 N–H and O–H groups in total. The Morgan fingerprint density at radius 1 is 1.07 bits per heavy atom. The first kappa shape index (κ1) is 25.6. The summed E-state index contributed by atoms with van der Waals surface area (Å²) in [6, 6.07) is 9.21. The fourth-order valence-electron chi connectivity index (χ4n) is 3.19. The fourth-order valence-corrected chi connectivity index (χ4v) is 3.19.